The number of carbonyl (C=O) groups is 3. The Hall–Kier alpha value is -3.43. The SMILES string of the molecule is NC(=O)c1cccc(F)c1-c1cc(C(=O)NCC(F)(F)F)c(C(=O)O)c2c1CCCC2. The lowest BCUT2D eigenvalue weighted by Crippen LogP contribution is -2.35. The van der Waals surface area contributed by atoms with Crippen LogP contribution in [0.3, 0.4) is 0 Å². The molecule has 4 N–H and O–H groups in total. The molecular formula is C21H18F4N2O4. The highest BCUT2D eigenvalue weighted by Gasteiger charge is 2.32. The lowest BCUT2D eigenvalue weighted by molar-refractivity contribution is -0.123. The van der Waals surface area contributed by atoms with Gasteiger partial charge in [0.25, 0.3) is 5.91 Å². The highest BCUT2D eigenvalue weighted by molar-refractivity contribution is 6.08. The van der Waals surface area contributed by atoms with Crippen LogP contribution in [0, 0.1) is 5.82 Å². The van der Waals surface area contributed by atoms with Crippen molar-refractivity contribution in [3.8, 4) is 11.1 Å². The fourth-order valence-corrected chi connectivity index (χ4v) is 3.87. The first-order chi connectivity index (χ1) is 14.5. The first-order valence-electron chi connectivity index (χ1n) is 9.37. The third-order valence-corrected chi connectivity index (χ3v) is 5.11. The van der Waals surface area contributed by atoms with Gasteiger partial charge in [-0.25, -0.2) is 9.18 Å². The van der Waals surface area contributed by atoms with Gasteiger partial charge in [-0.1, -0.05) is 6.07 Å². The Kier molecular flexibility index (Phi) is 6.01. The number of fused-ring (bicyclic) bond motifs is 1. The van der Waals surface area contributed by atoms with E-state index < -0.39 is 47.4 Å². The predicted octanol–water partition coefficient (Wildman–Crippen LogP) is 3.46. The van der Waals surface area contributed by atoms with Crippen molar-refractivity contribution in [1.29, 1.82) is 0 Å². The molecule has 164 valence electrons. The molecule has 0 fully saturated rings. The van der Waals surface area contributed by atoms with Crippen LogP contribution in [0.5, 0.6) is 0 Å². The zero-order valence-corrected chi connectivity index (χ0v) is 16.1. The van der Waals surface area contributed by atoms with E-state index in [1.807, 2.05) is 0 Å². The molecule has 0 spiro atoms. The van der Waals surface area contributed by atoms with Crippen molar-refractivity contribution in [2.45, 2.75) is 31.9 Å². The van der Waals surface area contributed by atoms with Gasteiger partial charge in [-0.3, -0.25) is 9.59 Å². The van der Waals surface area contributed by atoms with Crippen molar-refractivity contribution in [3.05, 3.63) is 57.9 Å². The molecule has 0 unspecified atom stereocenters. The Balaban J connectivity index is 2.31. The zero-order chi connectivity index (χ0) is 22.9. The van der Waals surface area contributed by atoms with Crippen molar-refractivity contribution in [2.24, 2.45) is 5.73 Å². The second-order valence-corrected chi connectivity index (χ2v) is 7.14. The molecule has 0 atom stereocenters. The minimum Gasteiger partial charge on any atom is -0.478 e. The summed E-state index contributed by atoms with van der Waals surface area (Å²) in [5.41, 5.74) is 4.76. The summed E-state index contributed by atoms with van der Waals surface area (Å²) in [7, 11) is 0. The first-order valence-corrected chi connectivity index (χ1v) is 9.37. The van der Waals surface area contributed by atoms with E-state index in [1.165, 1.54) is 12.1 Å². The number of alkyl halides is 3. The van der Waals surface area contributed by atoms with Gasteiger partial charge in [0.2, 0.25) is 5.91 Å². The van der Waals surface area contributed by atoms with E-state index in [9.17, 15) is 37.1 Å². The Morgan fingerprint density at radius 3 is 2.29 bits per heavy atom. The molecule has 0 saturated carbocycles. The average molecular weight is 438 g/mol. The summed E-state index contributed by atoms with van der Waals surface area (Å²) in [5.74, 6) is -4.51. The first kappa shape index (κ1) is 22.3. The van der Waals surface area contributed by atoms with E-state index in [0.29, 0.717) is 24.8 Å². The molecule has 1 aliphatic rings. The summed E-state index contributed by atoms with van der Waals surface area (Å²) in [5, 5.41) is 11.4. The maximum absolute atomic E-state index is 14.8. The molecule has 2 amide bonds. The van der Waals surface area contributed by atoms with Crippen LogP contribution in [0.4, 0.5) is 17.6 Å². The number of carboxylic acid groups (broad SMARTS) is 1. The van der Waals surface area contributed by atoms with Crippen molar-refractivity contribution in [1.82, 2.24) is 5.32 Å². The maximum Gasteiger partial charge on any atom is 0.405 e. The summed E-state index contributed by atoms with van der Waals surface area (Å²) in [6, 6.07) is 4.66. The van der Waals surface area contributed by atoms with Crippen molar-refractivity contribution >= 4 is 17.8 Å². The van der Waals surface area contributed by atoms with Gasteiger partial charge in [0.1, 0.15) is 12.4 Å². The number of benzene rings is 2. The van der Waals surface area contributed by atoms with Gasteiger partial charge in [-0.15, -0.1) is 0 Å². The highest BCUT2D eigenvalue weighted by Crippen LogP contribution is 2.38. The number of nitrogens with one attached hydrogen (secondary N) is 1. The van der Waals surface area contributed by atoms with E-state index >= 15 is 0 Å². The molecule has 6 nitrogen and oxygen atoms in total. The summed E-state index contributed by atoms with van der Waals surface area (Å²) in [6.45, 7) is -1.66. The number of rotatable bonds is 5. The molecule has 0 heterocycles. The predicted molar refractivity (Wildman–Crippen MR) is 102 cm³/mol. The number of aromatic carboxylic acids is 1. The molecule has 1 aliphatic carbocycles. The maximum atomic E-state index is 14.8. The van der Waals surface area contributed by atoms with Crippen LogP contribution >= 0.6 is 0 Å². The zero-order valence-electron chi connectivity index (χ0n) is 16.1. The van der Waals surface area contributed by atoms with E-state index in [2.05, 4.69) is 0 Å². The minimum atomic E-state index is -4.71. The fourth-order valence-electron chi connectivity index (χ4n) is 3.87. The van der Waals surface area contributed by atoms with E-state index in [1.54, 1.807) is 5.32 Å². The molecule has 0 bridgehead atoms. The van der Waals surface area contributed by atoms with Crippen molar-refractivity contribution < 1.29 is 37.1 Å². The van der Waals surface area contributed by atoms with Crippen LogP contribution < -0.4 is 11.1 Å². The second-order valence-electron chi connectivity index (χ2n) is 7.14. The van der Waals surface area contributed by atoms with Gasteiger partial charge in [-0.2, -0.15) is 13.2 Å². The average Bonchev–Trinajstić information content (AvgIpc) is 2.69. The van der Waals surface area contributed by atoms with Crippen LogP contribution in [0.2, 0.25) is 0 Å². The quantitative estimate of drug-likeness (QED) is 0.621. The van der Waals surface area contributed by atoms with Crippen molar-refractivity contribution in [2.75, 3.05) is 6.54 Å². The summed E-state index contributed by atoms with van der Waals surface area (Å²) < 4.78 is 52.5. The number of primary amides is 1. The molecule has 2 aromatic carbocycles. The van der Waals surface area contributed by atoms with Crippen LogP contribution in [-0.2, 0) is 12.8 Å². The van der Waals surface area contributed by atoms with Crippen LogP contribution in [0.25, 0.3) is 11.1 Å². The summed E-state index contributed by atoms with van der Waals surface area (Å²) in [6.07, 6.45) is -2.88. The van der Waals surface area contributed by atoms with E-state index in [-0.39, 0.29) is 28.7 Å². The molecular weight excluding hydrogens is 420 g/mol. The number of halogens is 4. The minimum absolute atomic E-state index is 0.0729. The molecule has 2 aromatic rings. The van der Waals surface area contributed by atoms with Gasteiger partial charge in [0.05, 0.1) is 11.1 Å². The number of nitrogens with two attached hydrogens (primary N) is 1. The molecule has 0 saturated heterocycles. The van der Waals surface area contributed by atoms with Gasteiger partial charge in [0.15, 0.2) is 0 Å². The third-order valence-electron chi connectivity index (χ3n) is 5.11. The van der Waals surface area contributed by atoms with Gasteiger partial charge in [0, 0.05) is 11.1 Å². The van der Waals surface area contributed by atoms with E-state index in [4.69, 9.17) is 5.73 Å². The third kappa shape index (κ3) is 4.52. The van der Waals surface area contributed by atoms with Gasteiger partial charge >= 0.3 is 12.1 Å². The summed E-state index contributed by atoms with van der Waals surface area (Å²) >= 11 is 0. The molecule has 3 rings (SSSR count). The second kappa shape index (κ2) is 8.37. The number of hydrogen-bond donors (Lipinski definition) is 3. The summed E-state index contributed by atoms with van der Waals surface area (Å²) in [4.78, 5) is 36.3. The molecule has 0 aliphatic heterocycles. The Bertz CT molecular complexity index is 1080. The lowest BCUT2D eigenvalue weighted by Gasteiger charge is -2.25. The standard InChI is InChI=1S/C21H18F4N2O4/c22-15-7-3-6-12(18(26)28)16(15)13-8-14(19(29)27-9-21(23,24)25)17(20(30)31)11-5-2-1-4-10(11)13/h3,6-8H,1-2,4-5,9H2,(H2,26,28)(H,27,29)(H,30,31). The topological polar surface area (TPSA) is 109 Å². The molecule has 10 heteroatoms. The normalized spacial score (nSPS) is 13.4. The van der Waals surface area contributed by atoms with Crippen molar-refractivity contribution in [3.63, 3.8) is 0 Å². The Morgan fingerprint density at radius 1 is 1.06 bits per heavy atom. The fraction of sp³-hybridized carbons (Fsp3) is 0.286. The smallest absolute Gasteiger partial charge is 0.405 e. The Labute approximate surface area is 174 Å². The van der Waals surface area contributed by atoms with Crippen LogP contribution in [-0.4, -0.2) is 35.6 Å². The monoisotopic (exact) mass is 438 g/mol. The number of hydrogen-bond acceptors (Lipinski definition) is 3. The number of carbonyl (C=O) groups excluding carboxylic acids is 2. The van der Waals surface area contributed by atoms with Gasteiger partial charge < -0.3 is 16.2 Å². The number of carboxylic acids is 1. The van der Waals surface area contributed by atoms with Crippen LogP contribution in [0.15, 0.2) is 24.3 Å². The molecule has 0 aromatic heterocycles. The Morgan fingerprint density at radius 2 is 1.71 bits per heavy atom. The van der Waals surface area contributed by atoms with Crippen LogP contribution in [0.1, 0.15) is 55.0 Å². The van der Waals surface area contributed by atoms with Gasteiger partial charge in [-0.05, 0) is 60.6 Å². The number of amides is 2. The largest absolute Gasteiger partial charge is 0.478 e. The molecule has 31 heavy (non-hydrogen) atoms. The molecule has 0 radical (unpaired) electrons. The van der Waals surface area contributed by atoms with E-state index in [0.717, 1.165) is 12.1 Å². The highest BCUT2D eigenvalue weighted by atomic mass is 19.4. The lowest BCUT2D eigenvalue weighted by atomic mass is 9.79.